The first-order valence-electron chi connectivity index (χ1n) is 9.68. The number of benzene rings is 2. The van der Waals surface area contributed by atoms with Crippen molar-refractivity contribution >= 4 is 58.8 Å². The molecular formula is C23H23ClN4OS2. The van der Waals surface area contributed by atoms with E-state index < -0.39 is 0 Å². The van der Waals surface area contributed by atoms with Crippen LogP contribution in [0.3, 0.4) is 0 Å². The van der Waals surface area contributed by atoms with Crippen molar-refractivity contribution in [2.45, 2.75) is 17.9 Å². The molecule has 0 aliphatic carbocycles. The van der Waals surface area contributed by atoms with Gasteiger partial charge in [0.2, 0.25) is 0 Å². The van der Waals surface area contributed by atoms with Crippen molar-refractivity contribution in [1.82, 2.24) is 14.5 Å². The Morgan fingerprint density at radius 3 is 2.55 bits per heavy atom. The molecule has 1 aliphatic heterocycles. The first-order chi connectivity index (χ1) is 14.7. The quantitative estimate of drug-likeness (QED) is 0.327. The second-order valence-electron chi connectivity index (χ2n) is 6.72. The number of amidine groups is 1. The summed E-state index contributed by atoms with van der Waals surface area (Å²) >= 11 is 3.14. The summed E-state index contributed by atoms with van der Waals surface area (Å²) in [5.41, 5.74) is 1.86. The summed E-state index contributed by atoms with van der Waals surface area (Å²) in [7, 11) is 0. The molecule has 0 N–H and O–H groups in total. The van der Waals surface area contributed by atoms with Gasteiger partial charge in [0.05, 0.1) is 16.9 Å². The molecule has 3 aromatic rings. The third-order valence-electron chi connectivity index (χ3n) is 4.64. The molecule has 1 amide bonds. The van der Waals surface area contributed by atoms with E-state index in [1.165, 1.54) is 16.7 Å². The van der Waals surface area contributed by atoms with Crippen LogP contribution in [0.2, 0.25) is 0 Å². The van der Waals surface area contributed by atoms with Gasteiger partial charge in [-0.05, 0) is 60.3 Å². The zero-order valence-electron chi connectivity index (χ0n) is 17.0. The van der Waals surface area contributed by atoms with Crippen molar-refractivity contribution < 1.29 is 4.79 Å². The molecule has 0 bridgehead atoms. The largest absolute Gasteiger partial charge is 0.337 e. The number of rotatable bonds is 7. The molecule has 0 atom stereocenters. The number of para-hydroxylation sites is 1. The van der Waals surface area contributed by atoms with E-state index in [9.17, 15) is 4.79 Å². The molecule has 0 saturated carbocycles. The highest BCUT2D eigenvalue weighted by Crippen LogP contribution is 2.34. The van der Waals surface area contributed by atoms with Crippen LogP contribution in [0.25, 0.3) is 6.08 Å². The van der Waals surface area contributed by atoms with Gasteiger partial charge in [0.1, 0.15) is 0 Å². The van der Waals surface area contributed by atoms with Crippen molar-refractivity contribution in [3.05, 3.63) is 83.8 Å². The van der Waals surface area contributed by atoms with Crippen molar-refractivity contribution in [2.24, 2.45) is 4.99 Å². The van der Waals surface area contributed by atoms with Crippen LogP contribution in [-0.4, -0.2) is 38.3 Å². The SMILES string of the molecule is CSc1ccc(C=C2SC(=Nc3ccccc3)N(CCCn3ccnc3)C2=O)cc1.Cl. The van der Waals surface area contributed by atoms with Gasteiger partial charge in [-0.25, -0.2) is 9.98 Å². The molecule has 1 aliphatic rings. The molecule has 4 rings (SSSR count). The molecular weight excluding hydrogens is 448 g/mol. The topological polar surface area (TPSA) is 50.5 Å². The maximum Gasteiger partial charge on any atom is 0.266 e. The third kappa shape index (κ3) is 6.03. The van der Waals surface area contributed by atoms with Crippen LogP contribution >= 0.6 is 35.9 Å². The molecule has 160 valence electrons. The smallest absolute Gasteiger partial charge is 0.266 e. The average Bonchev–Trinajstić information content (AvgIpc) is 3.39. The number of aromatic nitrogens is 2. The predicted octanol–water partition coefficient (Wildman–Crippen LogP) is 5.72. The molecule has 8 heteroatoms. The van der Waals surface area contributed by atoms with Crippen molar-refractivity contribution in [3.8, 4) is 0 Å². The fourth-order valence-corrected chi connectivity index (χ4v) is 4.52. The Labute approximate surface area is 197 Å². The summed E-state index contributed by atoms with van der Waals surface area (Å²) in [6.45, 7) is 1.42. The minimum absolute atomic E-state index is 0. The molecule has 2 aromatic carbocycles. The standard InChI is InChI=1S/C23H22N4OS2.ClH/c1-29-20-10-8-18(9-11-20)16-21-22(28)27(14-5-13-26-15-12-24-17-26)23(30-21)25-19-6-3-2-4-7-19;/h2-4,6-12,15-17H,5,13-14H2,1H3;1H. The zero-order valence-corrected chi connectivity index (χ0v) is 19.5. The first-order valence-corrected chi connectivity index (χ1v) is 11.7. The summed E-state index contributed by atoms with van der Waals surface area (Å²) in [6.07, 6.45) is 10.3. The van der Waals surface area contributed by atoms with Gasteiger partial charge < -0.3 is 4.57 Å². The molecule has 1 aromatic heterocycles. The number of carbonyl (C=O) groups excluding carboxylic acids is 1. The van der Waals surface area contributed by atoms with Gasteiger partial charge in [0.25, 0.3) is 5.91 Å². The number of hydrogen-bond acceptors (Lipinski definition) is 5. The lowest BCUT2D eigenvalue weighted by molar-refractivity contribution is -0.122. The van der Waals surface area contributed by atoms with E-state index in [0.29, 0.717) is 11.4 Å². The van der Waals surface area contributed by atoms with Crippen LogP contribution in [-0.2, 0) is 11.3 Å². The third-order valence-corrected chi connectivity index (χ3v) is 6.39. The number of aryl methyl sites for hydroxylation is 1. The van der Waals surface area contributed by atoms with Crippen molar-refractivity contribution in [3.63, 3.8) is 0 Å². The highest BCUT2D eigenvalue weighted by atomic mass is 35.5. The molecule has 1 saturated heterocycles. The van der Waals surface area contributed by atoms with E-state index in [2.05, 4.69) is 23.4 Å². The van der Waals surface area contributed by atoms with Gasteiger partial charge in [-0.1, -0.05) is 30.3 Å². The predicted molar refractivity (Wildman–Crippen MR) is 133 cm³/mol. The van der Waals surface area contributed by atoms with Gasteiger partial charge in [-0.15, -0.1) is 24.2 Å². The summed E-state index contributed by atoms with van der Waals surface area (Å²) in [5.74, 6) is 0.00857. The first kappa shape index (κ1) is 23.2. The van der Waals surface area contributed by atoms with E-state index in [4.69, 9.17) is 4.99 Å². The monoisotopic (exact) mass is 470 g/mol. The highest BCUT2D eigenvalue weighted by molar-refractivity contribution is 8.18. The van der Waals surface area contributed by atoms with Gasteiger partial charge in [0.15, 0.2) is 5.17 Å². The van der Waals surface area contributed by atoms with Crippen molar-refractivity contribution in [1.29, 1.82) is 0 Å². The molecule has 0 radical (unpaired) electrons. The van der Waals surface area contributed by atoms with Gasteiger partial charge >= 0.3 is 0 Å². The fraction of sp³-hybridized carbons (Fsp3) is 0.174. The van der Waals surface area contributed by atoms with Crippen LogP contribution in [0.1, 0.15) is 12.0 Å². The summed E-state index contributed by atoms with van der Waals surface area (Å²) < 4.78 is 2.02. The second kappa shape index (κ2) is 11.2. The maximum atomic E-state index is 13.2. The minimum Gasteiger partial charge on any atom is -0.337 e. The Morgan fingerprint density at radius 2 is 1.87 bits per heavy atom. The van der Waals surface area contributed by atoms with E-state index in [0.717, 1.165) is 29.4 Å². The molecule has 0 spiro atoms. The molecule has 0 unspecified atom stereocenters. The Kier molecular flexibility index (Phi) is 8.40. The summed E-state index contributed by atoms with van der Waals surface area (Å²) in [5, 5.41) is 0.726. The Hall–Kier alpha value is -2.48. The Balaban J connectivity index is 0.00000272. The van der Waals surface area contributed by atoms with E-state index in [1.807, 2.05) is 59.3 Å². The van der Waals surface area contributed by atoms with E-state index >= 15 is 0 Å². The number of carbonyl (C=O) groups is 1. The average molecular weight is 471 g/mol. The summed E-state index contributed by atoms with van der Waals surface area (Å²) in [4.78, 5) is 25.7. The van der Waals surface area contributed by atoms with Crippen LogP contribution in [0.4, 0.5) is 5.69 Å². The maximum absolute atomic E-state index is 13.2. The van der Waals surface area contributed by atoms with Gasteiger partial charge in [-0.2, -0.15) is 0 Å². The van der Waals surface area contributed by atoms with Gasteiger partial charge in [-0.3, -0.25) is 9.69 Å². The number of nitrogens with zero attached hydrogens (tertiary/aromatic N) is 4. The van der Waals surface area contributed by atoms with E-state index in [-0.39, 0.29) is 18.3 Å². The lowest BCUT2D eigenvalue weighted by Gasteiger charge is -2.15. The van der Waals surface area contributed by atoms with Crippen LogP contribution < -0.4 is 0 Å². The zero-order chi connectivity index (χ0) is 20.8. The number of hydrogen-bond donors (Lipinski definition) is 0. The van der Waals surface area contributed by atoms with Gasteiger partial charge in [0, 0.05) is 30.4 Å². The highest BCUT2D eigenvalue weighted by Gasteiger charge is 2.33. The molecule has 31 heavy (non-hydrogen) atoms. The van der Waals surface area contributed by atoms with Crippen molar-refractivity contribution in [2.75, 3.05) is 12.8 Å². The number of imidazole rings is 1. The Bertz CT molecular complexity index is 1050. The molecule has 1 fully saturated rings. The number of amides is 1. The molecule has 5 nitrogen and oxygen atoms in total. The van der Waals surface area contributed by atoms with Crippen LogP contribution in [0.15, 0.2) is 88.1 Å². The summed E-state index contributed by atoms with van der Waals surface area (Å²) in [6, 6.07) is 18.0. The normalized spacial score (nSPS) is 16.2. The number of thioether (sulfide) groups is 2. The van der Waals surface area contributed by atoms with E-state index in [1.54, 1.807) is 29.2 Å². The lowest BCUT2D eigenvalue weighted by atomic mass is 10.2. The van der Waals surface area contributed by atoms with Crippen LogP contribution in [0, 0.1) is 0 Å². The number of aliphatic imine (C=N–C) groups is 1. The Morgan fingerprint density at radius 1 is 1.10 bits per heavy atom. The fourth-order valence-electron chi connectivity index (χ4n) is 3.08. The minimum atomic E-state index is 0. The van der Waals surface area contributed by atoms with Crippen LogP contribution in [0.5, 0.6) is 0 Å². The lowest BCUT2D eigenvalue weighted by Crippen LogP contribution is -2.30. The second-order valence-corrected chi connectivity index (χ2v) is 8.61. The number of halogens is 1. The molecule has 2 heterocycles.